The van der Waals surface area contributed by atoms with Gasteiger partial charge in [0.15, 0.2) is 17.2 Å². The minimum absolute atomic E-state index is 0.122. The molecule has 0 unspecified atom stereocenters. The van der Waals surface area contributed by atoms with Crippen LogP contribution in [0.2, 0.25) is 0 Å². The summed E-state index contributed by atoms with van der Waals surface area (Å²) >= 11 is 3.35. The molecule has 136 valence electrons. The Labute approximate surface area is 157 Å². The lowest BCUT2D eigenvalue weighted by atomic mass is 10.3. The minimum Gasteiger partial charge on any atom is -0.495 e. The highest BCUT2D eigenvalue weighted by Crippen LogP contribution is 2.36. The molecule has 0 fully saturated rings. The Kier molecular flexibility index (Phi) is 5.17. The predicted octanol–water partition coefficient (Wildman–Crippen LogP) is 3.24. The molecule has 0 aliphatic carbocycles. The van der Waals surface area contributed by atoms with Crippen LogP contribution in [0, 0.1) is 0 Å². The molecule has 1 heterocycles. The van der Waals surface area contributed by atoms with Crippen molar-refractivity contribution in [2.45, 2.75) is 6.92 Å². The van der Waals surface area contributed by atoms with E-state index in [1.54, 1.807) is 36.4 Å². The summed E-state index contributed by atoms with van der Waals surface area (Å²) in [6, 6.07) is 9.06. The Hall–Kier alpha value is -2.94. The first-order valence-corrected chi connectivity index (χ1v) is 8.30. The third-order valence-electron chi connectivity index (χ3n) is 3.38. The summed E-state index contributed by atoms with van der Waals surface area (Å²) in [5.41, 5.74) is 0.362. The Balaban J connectivity index is 1.93. The number of halogens is 1. The van der Waals surface area contributed by atoms with Gasteiger partial charge in [-0.05, 0) is 40.2 Å². The molecule has 2 aromatic rings. The van der Waals surface area contributed by atoms with Crippen LogP contribution in [0.5, 0.6) is 23.0 Å². The van der Waals surface area contributed by atoms with Gasteiger partial charge in [0.1, 0.15) is 5.75 Å². The zero-order valence-electron chi connectivity index (χ0n) is 13.9. The summed E-state index contributed by atoms with van der Waals surface area (Å²) in [4.78, 5) is 29.4. The number of imide groups is 1. The van der Waals surface area contributed by atoms with Crippen molar-refractivity contribution in [1.29, 1.82) is 0 Å². The minimum atomic E-state index is -0.750. The van der Waals surface area contributed by atoms with Crippen molar-refractivity contribution in [3.63, 3.8) is 0 Å². The lowest BCUT2D eigenvalue weighted by Gasteiger charge is -2.23. The number of nitrogens with one attached hydrogen (secondary N) is 1. The fourth-order valence-electron chi connectivity index (χ4n) is 2.23. The monoisotopic (exact) mass is 422 g/mol. The first-order valence-electron chi connectivity index (χ1n) is 7.51. The van der Waals surface area contributed by atoms with Crippen molar-refractivity contribution >= 4 is 33.6 Å². The van der Waals surface area contributed by atoms with E-state index in [9.17, 15) is 9.59 Å². The SMILES string of the molecule is COc1cc(N(Oc2ccc3c(c2)OCO3)C(=O)NC(C)=O)ccc1Br. The van der Waals surface area contributed by atoms with Gasteiger partial charge in [-0.15, -0.1) is 5.06 Å². The maximum absolute atomic E-state index is 12.4. The maximum Gasteiger partial charge on any atom is 0.362 e. The second-order valence-electron chi connectivity index (χ2n) is 5.21. The van der Waals surface area contributed by atoms with Crippen LogP contribution in [0.25, 0.3) is 0 Å². The number of hydrogen-bond acceptors (Lipinski definition) is 6. The Morgan fingerprint density at radius 3 is 2.65 bits per heavy atom. The van der Waals surface area contributed by atoms with Crippen LogP contribution in [0.15, 0.2) is 40.9 Å². The summed E-state index contributed by atoms with van der Waals surface area (Å²) in [7, 11) is 1.50. The van der Waals surface area contributed by atoms with Gasteiger partial charge in [-0.25, -0.2) is 4.79 Å². The number of carbonyl (C=O) groups excluding carboxylic acids is 2. The molecule has 1 N–H and O–H groups in total. The van der Waals surface area contributed by atoms with Gasteiger partial charge in [-0.3, -0.25) is 10.1 Å². The number of methoxy groups -OCH3 is 1. The second-order valence-corrected chi connectivity index (χ2v) is 6.06. The summed E-state index contributed by atoms with van der Waals surface area (Å²) < 4.78 is 16.5. The fraction of sp³-hybridized carbons (Fsp3) is 0.176. The highest BCUT2D eigenvalue weighted by molar-refractivity contribution is 9.10. The van der Waals surface area contributed by atoms with Crippen LogP contribution in [0.1, 0.15) is 6.92 Å². The van der Waals surface area contributed by atoms with Crippen LogP contribution in [-0.4, -0.2) is 25.8 Å². The number of urea groups is 1. The van der Waals surface area contributed by atoms with E-state index in [-0.39, 0.29) is 6.79 Å². The summed E-state index contributed by atoms with van der Waals surface area (Å²) in [5.74, 6) is 1.40. The Bertz CT molecular complexity index is 857. The van der Waals surface area contributed by atoms with E-state index in [2.05, 4.69) is 21.2 Å². The smallest absolute Gasteiger partial charge is 0.362 e. The average Bonchev–Trinajstić information content (AvgIpc) is 3.07. The molecule has 1 aliphatic rings. The lowest BCUT2D eigenvalue weighted by Crippen LogP contribution is -2.44. The summed E-state index contributed by atoms with van der Waals surface area (Å²) in [6.45, 7) is 1.36. The van der Waals surface area contributed by atoms with Gasteiger partial charge in [0.05, 0.1) is 17.3 Å². The number of hydrogen-bond donors (Lipinski definition) is 1. The van der Waals surface area contributed by atoms with Crippen LogP contribution in [0.3, 0.4) is 0 Å². The van der Waals surface area contributed by atoms with Crippen molar-refractivity contribution < 1.29 is 28.6 Å². The topological polar surface area (TPSA) is 86.3 Å². The number of nitrogens with zero attached hydrogens (tertiary/aromatic N) is 1. The van der Waals surface area contributed by atoms with Gasteiger partial charge in [-0.1, -0.05) is 0 Å². The molecule has 3 rings (SSSR count). The molecule has 0 atom stereocenters. The number of carbonyl (C=O) groups is 2. The molecule has 0 radical (unpaired) electrons. The Morgan fingerprint density at radius 2 is 1.92 bits per heavy atom. The molecule has 0 aromatic heterocycles. The van der Waals surface area contributed by atoms with Crippen molar-refractivity contribution in [3.05, 3.63) is 40.9 Å². The van der Waals surface area contributed by atoms with Gasteiger partial charge in [0.2, 0.25) is 12.7 Å². The van der Waals surface area contributed by atoms with Gasteiger partial charge < -0.3 is 19.0 Å². The van der Waals surface area contributed by atoms with Gasteiger partial charge in [0.25, 0.3) is 0 Å². The average molecular weight is 423 g/mol. The van der Waals surface area contributed by atoms with Gasteiger partial charge in [0, 0.05) is 19.1 Å². The van der Waals surface area contributed by atoms with Gasteiger partial charge in [-0.2, -0.15) is 0 Å². The third kappa shape index (κ3) is 3.83. The number of anilines is 1. The molecular weight excluding hydrogens is 408 g/mol. The molecule has 0 spiro atoms. The third-order valence-corrected chi connectivity index (χ3v) is 4.03. The largest absolute Gasteiger partial charge is 0.495 e. The predicted molar refractivity (Wildman–Crippen MR) is 95.6 cm³/mol. The highest BCUT2D eigenvalue weighted by Gasteiger charge is 2.22. The number of ether oxygens (including phenoxy) is 3. The first-order chi connectivity index (χ1) is 12.5. The second kappa shape index (κ2) is 7.52. The highest BCUT2D eigenvalue weighted by atomic mass is 79.9. The van der Waals surface area contributed by atoms with Crippen molar-refractivity contribution in [1.82, 2.24) is 5.32 Å². The molecule has 9 heteroatoms. The molecule has 0 saturated heterocycles. The number of amides is 3. The maximum atomic E-state index is 12.4. The van der Waals surface area contributed by atoms with E-state index in [1.165, 1.54) is 14.0 Å². The Morgan fingerprint density at radius 1 is 1.15 bits per heavy atom. The lowest BCUT2D eigenvalue weighted by molar-refractivity contribution is -0.117. The fourth-order valence-corrected chi connectivity index (χ4v) is 2.64. The quantitative estimate of drug-likeness (QED) is 0.761. The van der Waals surface area contributed by atoms with Crippen LogP contribution < -0.4 is 29.4 Å². The van der Waals surface area contributed by atoms with E-state index in [1.807, 2.05) is 0 Å². The van der Waals surface area contributed by atoms with Crippen molar-refractivity contribution in [2.24, 2.45) is 0 Å². The zero-order chi connectivity index (χ0) is 18.7. The molecule has 0 bridgehead atoms. The molecule has 8 nitrogen and oxygen atoms in total. The van der Waals surface area contributed by atoms with E-state index in [4.69, 9.17) is 19.0 Å². The number of hydroxylamine groups is 1. The summed E-state index contributed by atoms with van der Waals surface area (Å²) in [6.07, 6.45) is 0. The van der Waals surface area contributed by atoms with Crippen LogP contribution >= 0.6 is 15.9 Å². The number of rotatable bonds is 4. The van der Waals surface area contributed by atoms with E-state index >= 15 is 0 Å². The van der Waals surface area contributed by atoms with Crippen LogP contribution in [-0.2, 0) is 4.79 Å². The molecule has 3 amide bonds. The summed E-state index contributed by atoms with van der Waals surface area (Å²) in [5, 5.41) is 3.13. The zero-order valence-corrected chi connectivity index (χ0v) is 15.5. The van der Waals surface area contributed by atoms with E-state index in [0.717, 1.165) is 5.06 Å². The molecule has 1 aliphatic heterocycles. The van der Waals surface area contributed by atoms with Crippen LogP contribution in [0.4, 0.5) is 10.5 Å². The molecule has 0 saturated carbocycles. The molecule has 2 aromatic carbocycles. The van der Waals surface area contributed by atoms with Crippen molar-refractivity contribution in [2.75, 3.05) is 19.0 Å². The standard InChI is InChI=1S/C17H15BrN2O6/c1-10(21)19-17(22)20(11-3-5-13(18)15(7-11)23-2)26-12-4-6-14-16(8-12)25-9-24-14/h3-8H,9H2,1-2H3,(H,19,21,22). The normalized spacial score (nSPS) is 11.7. The molecular formula is C17H15BrN2O6. The van der Waals surface area contributed by atoms with Gasteiger partial charge >= 0.3 is 6.03 Å². The van der Waals surface area contributed by atoms with E-state index < -0.39 is 11.9 Å². The molecule has 26 heavy (non-hydrogen) atoms. The van der Waals surface area contributed by atoms with E-state index in [0.29, 0.717) is 33.2 Å². The number of benzene rings is 2. The number of fused-ring (bicyclic) bond motifs is 1. The first kappa shape index (κ1) is 17.9. The van der Waals surface area contributed by atoms with Crippen molar-refractivity contribution in [3.8, 4) is 23.0 Å².